The van der Waals surface area contributed by atoms with E-state index < -0.39 is 0 Å². The number of fused-ring (bicyclic) bond motifs is 1. The lowest BCUT2D eigenvalue weighted by atomic mass is 10.2. The third-order valence-corrected chi connectivity index (χ3v) is 5.67. The van der Waals surface area contributed by atoms with E-state index in [0.717, 1.165) is 5.69 Å². The molecule has 0 aliphatic heterocycles. The summed E-state index contributed by atoms with van der Waals surface area (Å²) < 4.78 is 12.6. The summed E-state index contributed by atoms with van der Waals surface area (Å²) in [6.07, 6.45) is 2.86. The molecule has 0 saturated carbocycles. The SMILES string of the molecule is C=CC(=O)Nc1ccccc1-n1c(Nc2ccccc2)nc2cnc(Nc3ccc(OC)cc3OC)nc21. The number of hydrogen-bond donors (Lipinski definition) is 3. The summed E-state index contributed by atoms with van der Waals surface area (Å²) in [5, 5.41) is 9.43. The molecule has 1 amide bonds. The van der Waals surface area contributed by atoms with E-state index in [0.29, 0.717) is 51.6 Å². The Labute approximate surface area is 219 Å². The highest BCUT2D eigenvalue weighted by molar-refractivity contribution is 6.00. The number of nitrogens with one attached hydrogen (secondary N) is 3. The van der Waals surface area contributed by atoms with Crippen molar-refractivity contribution in [3.63, 3.8) is 0 Å². The van der Waals surface area contributed by atoms with Gasteiger partial charge in [-0.3, -0.25) is 9.36 Å². The topological polar surface area (TPSA) is 115 Å². The standard InChI is InChI=1S/C28H25N7O3/c1-4-25(36)31-20-12-8-9-13-23(20)35-26-22(33-28(35)30-18-10-6-5-7-11-18)17-29-27(34-26)32-21-15-14-19(37-2)16-24(21)38-3/h4-17H,1H2,2-3H3,(H,30,33)(H,31,36)(H,29,32,34). The van der Waals surface area contributed by atoms with Gasteiger partial charge in [0.05, 0.1) is 37.5 Å². The molecule has 0 atom stereocenters. The van der Waals surface area contributed by atoms with E-state index in [9.17, 15) is 4.79 Å². The summed E-state index contributed by atoms with van der Waals surface area (Å²) >= 11 is 0. The normalized spacial score (nSPS) is 10.6. The fourth-order valence-corrected chi connectivity index (χ4v) is 3.88. The number of methoxy groups -OCH3 is 2. The predicted molar refractivity (Wildman–Crippen MR) is 148 cm³/mol. The fourth-order valence-electron chi connectivity index (χ4n) is 3.88. The maximum Gasteiger partial charge on any atom is 0.247 e. The number of anilines is 5. The van der Waals surface area contributed by atoms with Gasteiger partial charge in [0.2, 0.25) is 17.8 Å². The molecule has 0 fully saturated rings. The molecule has 0 spiro atoms. The quantitative estimate of drug-likeness (QED) is 0.226. The highest BCUT2D eigenvalue weighted by atomic mass is 16.5. The van der Waals surface area contributed by atoms with Crippen LogP contribution in [0.25, 0.3) is 16.9 Å². The number of aromatic nitrogens is 4. The first-order valence-electron chi connectivity index (χ1n) is 11.7. The molecule has 10 heteroatoms. The summed E-state index contributed by atoms with van der Waals surface area (Å²) in [5.74, 6) is 1.74. The van der Waals surface area contributed by atoms with Crippen LogP contribution in [0.15, 0.2) is 91.6 Å². The van der Waals surface area contributed by atoms with Gasteiger partial charge in [0.15, 0.2) is 5.65 Å². The van der Waals surface area contributed by atoms with E-state index in [1.807, 2.05) is 65.2 Å². The van der Waals surface area contributed by atoms with Gasteiger partial charge in [-0.2, -0.15) is 4.98 Å². The maximum absolute atomic E-state index is 12.2. The molecule has 2 heterocycles. The van der Waals surface area contributed by atoms with Gasteiger partial charge in [0, 0.05) is 11.8 Å². The smallest absolute Gasteiger partial charge is 0.247 e. The zero-order chi connectivity index (χ0) is 26.5. The first-order valence-corrected chi connectivity index (χ1v) is 11.7. The van der Waals surface area contributed by atoms with Crippen molar-refractivity contribution in [2.45, 2.75) is 0 Å². The average molecular weight is 508 g/mol. The number of rotatable bonds is 9. The van der Waals surface area contributed by atoms with Crippen LogP contribution in [-0.4, -0.2) is 39.6 Å². The molecule has 0 aliphatic carbocycles. The van der Waals surface area contributed by atoms with Crippen LogP contribution in [0.2, 0.25) is 0 Å². The minimum absolute atomic E-state index is 0.331. The second kappa shape index (κ2) is 10.7. The molecule has 0 bridgehead atoms. The maximum atomic E-state index is 12.2. The van der Waals surface area contributed by atoms with Gasteiger partial charge in [0.1, 0.15) is 17.0 Å². The lowest BCUT2D eigenvalue weighted by Gasteiger charge is -2.15. The van der Waals surface area contributed by atoms with Crippen LogP contribution >= 0.6 is 0 Å². The molecule has 10 nitrogen and oxygen atoms in total. The Bertz CT molecular complexity index is 1620. The fraction of sp³-hybridized carbons (Fsp3) is 0.0714. The summed E-state index contributed by atoms with van der Waals surface area (Å²) in [4.78, 5) is 26.2. The Morgan fingerprint density at radius 2 is 1.71 bits per heavy atom. The van der Waals surface area contributed by atoms with Crippen LogP contribution in [0.4, 0.5) is 29.0 Å². The van der Waals surface area contributed by atoms with E-state index in [-0.39, 0.29) is 5.91 Å². The highest BCUT2D eigenvalue weighted by Crippen LogP contribution is 2.33. The average Bonchev–Trinajstić information content (AvgIpc) is 3.30. The van der Waals surface area contributed by atoms with Gasteiger partial charge < -0.3 is 25.4 Å². The summed E-state index contributed by atoms with van der Waals surface area (Å²) in [7, 11) is 3.17. The number of ether oxygens (including phenoxy) is 2. The first kappa shape index (κ1) is 24.3. The largest absolute Gasteiger partial charge is 0.497 e. The number of imidazole rings is 1. The van der Waals surface area contributed by atoms with E-state index >= 15 is 0 Å². The third-order valence-electron chi connectivity index (χ3n) is 5.67. The van der Waals surface area contributed by atoms with Crippen molar-refractivity contribution >= 4 is 46.0 Å². The van der Waals surface area contributed by atoms with Gasteiger partial charge in [-0.25, -0.2) is 9.97 Å². The molecule has 0 aliphatic rings. The predicted octanol–water partition coefficient (Wildman–Crippen LogP) is 5.44. The van der Waals surface area contributed by atoms with Gasteiger partial charge in [0.25, 0.3) is 0 Å². The van der Waals surface area contributed by atoms with Crippen molar-refractivity contribution in [1.29, 1.82) is 0 Å². The van der Waals surface area contributed by atoms with Crippen LogP contribution in [0.1, 0.15) is 0 Å². The molecule has 5 aromatic rings. The first-order chi connectivity index (χ1) is 18.6. The van der Waals surface area contributed by atoms with Crippen LogP contribution in [-0.2, 0) is 4.79 Å². The summed E-state index contributed by atoms with van der Waals surface area (Å²) in [5.41, 5.74) is 3.81. The van der Waals surface area contributed by atoms with Crippen molar-refractivity contribution in [3.8, 4) is 17.2 Å². The monoisotopic (exact) mass is 507 g/mol. The second-order valence-corrected chi connectivity index (χ2v) is 8.07. The molecule has 5 rings (SSSR count). The van der Waals surface area contributed by atoms with Gasteiger partial charge in [-0.05, 0) is 42.5 Å². The molecule has 0 saturated heterocycles. The van der Waals surface area contributed by atoms with Gasteiger partial charge in [-0.15, -0.1) is 0 Å². The minimum Gasteiger partial charge on any atom is -0.497 e. The number of amides is 1. The van der Waals surface area contributed by atoms with Crippen molar-refractivity contribution < 1.29 is 14.3 Å². The number of hydrogen-bond acceptors (Lipinski definition) is 8. The van der Waals surface area contributed by atoms with Gasteiger partial charge in [-0.1, -0.05) is 36.9 Å². The van der Waals surface area contributed by atoms with Gasteiger partial charge >= 0.3 is 0 Å². The Hall–Kier alpha value is -5.38. The van der Waals surface area contributed by atoms with E-state index in [4.69, 9.17) is 19.4 Å². The second-order valence-electron chi connectivity index (χ2n) is 8.07. The molecule has 0 unspecified atom stereocenters. The Morgan fingerprint density at radius 1 is 0.921 bits per heavy atom. The molecule has 3 aromatic carbocycles. The molecule has 2 aromatic heterocycles. The lowest BCUT2D eigenvalue weighted by Crippen LogP contribution is -2.11. The molecule has 3 N–H and O–H groups in total. The van der Waals surface area contributed by atoms with E-state index in [2.05, 4.69) is 27.5 Å². The zero-order valence-corrected chi connectivity index (χ0v) is 20.8. The number of benzene rings is 3. The van der Waals surface area contributed by atoms with Crippen LogP contribution in [0, 0.1) is 0 Å². The Kier molecular flexibility index (Phi) is 6.85. The van der Waals surface area contributed by atoms with Crippen LogP contribution < -0.4 is 25.4 Å². The number of carbonyl (C=O) groups is 1. The third kappa shape index (κ3) is 4.96. The molecule has 190 valence electrons. The summed E-state index contributed by atoms with van der Waals surface area (Å²) in [6, 6.07) is 22.5. The number of para-hydroxylation sites is 3. The zero-order valence-electron chi connectivity index (χ0n) is 20.8. The molecular weight excluding hydrogens is 482 g/mol. The van der Waals surface area contributed by atoms with Crippen molar-refractivity contribution in [2.24, 2.45) is 0 Å². The van der Waals surface area contributed by atoms with Crippen molar-refractivity contribution in [2.75, 3.05) is 30.2 Å². The lowest BCUT2D eigenvalue weighted by molar-refractivity contribution is -0.111. The van der Waals surface area contributed by atoms with Crippen LogP contribution in [0.3, 0.4) is 0 Å². The van der Waals surface area contributed by atoms with Crippen molar-refractivity contribution in [1.82, 2.24) is 19.5 Å². The molecular formula is C28H25N7O3. The Morgan fingerprint density at radius 3 is 2.47 bits per heavy atom. The Balaban J connectivity index is 1.64. The minimum atomic E-state index is -0.331. The van der Waals surface area contributed by atoms with E-state index in [1.165, 1.54) is 6.08 Å². The summed E-state index contributed by atoms with van der Waals surface area (Å²) in [6.45, 7) is 3.56. The molecule has 38 heavy (non-hydrogen) atoms. The number of nitrogens with zero attached hydrogens (tertiary/aromatic N) is 4. The highest BCUT2D eigenvalue weighted by Gasteiger charge is 2.19. The molecule has 0 radical (unpaired) electrons. The van der Waals surface area contributed by atoms with E-state index in [1.54, 1.807) is 32.5 Å². The van der Waals surface area contributed by atoms with Crippen molar-refractivity contribution in [3.05, 3.63) is 91.6 Å². The number of carbonyl (C=O) groups excluding carboxylic acids is 1. The van der Waals surface area contributed by atoms with Crippen LogP contribution in [0.5, 0.6) is 11.5 Å².